The molecular formula is C15H15Cl2N3O. The van der Waals surface area contributed by atoms with Gasteiger partial charge < -0.3 is 10.2 Å². The molecule has 0 spiro atoms. The molecule has 1 fully saturated rings. The molecule has 0 bridgehead atoms. The molecule has 0 saturated carbocycles. The van der Waals surface area contributed by atoms with Gasteiger partial charge in [0.25, 0.3) is 0 Å². The van der Waals surface area contributed by atoms with Crippen molar-refractivity contribution < 1.29 is 4.79 Å². The van der Waals surface area contributed by atoms with Gasteiger partial charge in [-0.25, -0.2) is 0 Å². The van der Waals surface area contributed by atoms with Gasteiger partial charge in [-0.1, -0.05) is 23.2 Å². The molecule has 1 aromatic carbocycles. The zero-order valence-electron chi connectivity index (χ0n) is 11.6. The van der Waals surface area contributed by atoms with Gasteiger partial charge in [0.1, 0.15) is 0 Å². The SMILES string of the molecule is Cc1cc(N2CCCNC(=O)C2)c2ccc(Cl)c(Cl)c2n1. The average Bonchev–Trinajstić information content (AvgIpc) is 2.67. The molecule has 1 aromatic heterocycles. The number of halogens is 2. The lowest BCUT2D eigenvalue weighted by Crippen LogP contribution is -2.33. The predicted molar refractivity (Wildman–Crippen MR) is 86.3 cm³/mol. The van der Waals surface area contributed by atoms with Crippen LogP contribution in [0.25, 0.3) is 10.9 Å². The van der Waals surface area contributed by atoms with Crippen molar-refractivity contribution in [3.8, 4) is 0 Å². The van der Waals surface area contributed by atoms with Crippen molar-refractivity contribution in [3.63, 3.8) is 0 Å². The molecule has 2 aromatic rings. The predicted octanol–water partition coefficient (Wildman–Crippen LogP) is 3.18. The third kappa shape index (κ3) is 2.78. The maximum atomic E-state index is 11.8. The Hall–Kier alpha value is -1.52. The summed E-state index contributed by atoms with van der Waals surface area (Å²) in [6, 6.07) is 5.67. The van der Waals surface area contributed by atoms with Crippen LogP contribution in [-0.2, 0) is 4.79 Å². The lowest BCUT2D eigenvalue weighted by atomic mass is 10.1. The number of nitrogens with one attached hydrogen (secondary N) is 1. The first-order valence-corrected chi connectivity index (χ1v) is 7.59. The van der Waals surface area contributed by atoms with Gasteiger partial charge in [-0.3, -0.25) is 9.78 Å². The van der Waals surface area contributed by atoms with Crippen LogP contribution in [0.15, 0.2) is 18.2 Å². The lowest BCUT2D eigenvalue weighted by molar-refractivity contribution is -0.119. The van der Waals surface area contributed by atoms with Crippen molar-refractivity contribution in [2.45, 2.75) is 13.3 Å². The Labute approximate surface area is 133 Å². The first kappa shape index (κ1) is 14.4. The van der Waals surface area contributed by atoms with Crippen molar-refractivity contribution in [1.29, 1.82) is 0 Å². The molecule has 0 aliphatic carbocycles. The summed E-state index contributed by atoms with van der Waals surface area (Å²) in [5.41, 5.74) is 2.52. The number of carbonyl (C=O) groups is 1. The van der Waals surface area contributed by atoms with Crippen LogP contribution in [0.4, 0.5) is 5.69 Å². The normalized spacial score (nSPS) is 16.0. The number of hydrogen-bond donors (Lipinski definition) is 1. The number of amides is 1. The second-order valence-electron chi connectivity index (χ2n) is 5.17. The van der Waals surface area contributed by atoms with E-state index in [2.05, 4.69) is 15.2 Å². The summed E-state index contributed by atoms with van der Waals surface area (Å²) in [6.07, 6.45) is 0.913. The van der Waals surface area contributed by atoms with Crippen LogP contribution in [0.2, 0.25) is 10.0 Å². The minimum atomic E-state index is 0.0372. The molecule has 21 heavy (non-hydrogen) atoms. The van der Waals surface area contributed by atoms with Gasteiger partial charge in [-0.05, 0) is 31.5 Å². The third-order valence-corrected chi connectivity index (χ3v) is 4.38. The zero-order chi connectivity index (χ0) is 15.0. The summed E-state index contributed by atoms with van der Waals surface area (Å²) in [5, 5.41) is 4.75. The van der Waals surface area contributed by atoms with E-state index in [9.17, 15) is 4.79 Å². The molecule has 110 valence electrons. The molecule has 1 amide bonds. The summed E-state index contributed by atoms with van der Waals surface area (Å²) in [6.45, 7) is 3.79. The highest BCUT2D eigenvalue weighted by molar-refractivity contribution is 6.45. The third-order valence-electron chi connectivity index (χ3n) is 3.58. The first-order chi connectivity index (χ1) is 10.1. The van der Waals surface area contributed by atoms with Gasteiger partial charge in [0.05, 0.1) is 22.1 Å². The molecule has 2 heterocycles. The van der Waals surface area contributed by atoms with E-state index >= 15 is 0 Å². The van der Waals surface area contributed by atoms with Crippen LogP contribution >= 0.6 is 23.2 Å². The molecule has 1 saturated heterocycles. The summed E-state index contributed by atoms with van der Waals surface area (Å²) in [4.78, 5) is 18.4. The Morgan fingerprint density at radius 3 is 2.95 bits per heavy atom. The highest BCUT2D eigenvalue weighted by atomic mass is 35.5. The topological polar surface area (TPSA) is 45.2 Å². The monoisotopic (exact) mass is 323 g/mol. The molecule has 6 heteroatoms. The molecule has 3 rings (SSSR count). The molecule has 0 unspecified atom stereocenters. The smallest absolute Gasteiger partial charge is 0.239 e. The number of carbonyl (C=O) groups excluding carboxylic acids is 1. The van der Waals surface area contributed by atoms with Crippen LogP contribution < -0.4 is 10.2 Å². The maximum absolute atomic E-state index is 11.8. The molecule has 4 nitrogen and oxygen atoms in total. The quantitative estimate of drug-likeness (QED) is 0.876. The molecule has 1 aliphatic heterocycles. The van der Waals surface area contributed by atoms with E-state index in [0.717, 1.165) is 29.7 Å². The number of aromatic nitrogens is 1. The van der Waals surface area contributed by atoms with Gasteiger partial charge in [-0.15, -0.1) is 0 Å². The highest BCUT2D eigenvalue weighted by Gasteiger charge is 2.19. The van der Waals surface area contributed by atoms with E-state index in [1.54, 1.807) is 6.07 Å². The number of nitrogens with zero attached hydrogens (tertiary/aromatic N) is 2. The fourth-order valence-electron chi connectivity index (χ4n) is 2.61. The van der Waals surface area contributed by atoms with E-state index < -0.39 is 0 Å². The number of hydrogen-bond acceptors (Lipinski definition) is 3. The second-order valence-corrected chi connectivity index (χ2v) is 5.95. The average molecular weight is 324 g/mol. The van der Waals surface area contributed by atoms with Crippen molar-refractivity contribution in [2.75, 3.05) is 24.5 Å². The van der Waals surface area contributed by atoms with Crippen molar-refractivity contribution in [1.82, 2.24) is 10.3 Å². The van der Waals surface area contributed by atoms with Gasteiger partial charge in [-0.2, -0.15) is 0 Å². The van der Waals surface area contributed by atoms with Gasteiger partial charge in [0.2, 0.25) is 5.91 Å². The summed E-state index contributed by atoms with van der Waals surface area (Å²) < 4.78 is 0. The van der Waals surface area contributed by atoms with E-state index in [0.29, 0.717) is 28.7 Å². The van der Waals surface area contributed by atoms with Crippen LogP contribution in [0, 0.1) is 6.92 Å². The Balaban J connectivity index is 2.17. The van der Waals surface area contributed by atoms with Gasteiger partial charge >= 0.3 is 0 Å². The van der Waals surface area contributed by atoms with Gasteiger partial charge in [0, 0.05) is 29.9 Å². The highest BCUT2D eigenvalue weighted by Crippen LogP contribution is 2.35. The minimum absolute atomic E-state index is 0.0372. The number of aryl methyl sites for hydroxylation is 1. The summed E-state index contributed by atoms with van der Waals surface area (Å²) in [7, 11) is 0. The summed E-state index contributed by atoms with van der Waals surface area (Å²) >= 11 is 12.4. The largest absolute Gasteiger partial charge is 0.362 e. The second kappa shape index (κ2) is 5.70. The Bertz CT molecular complexity index is 718. The molecular weight excluding hydrogens is 309 g/mol. The number of pyridine rings is 1. The van der Waals surface area contributed by atoms with Crippen molar-refractivity contribution in [2.24, 2.45) is 0 Å². The Morgan fingerprint density at radius 1 is 1.33 bits per heavy atom. The number of anilines is 1. The van der Waals surface area contributed by atoms with Gasteiger partial charge in [0.15, 0.2) is 0 Å². The standard InChI is InChI=1S/C15H15Cl2N3O/c1-9-7-12(20-6-2-5-18-13(21)8-20)10-3-4-11(16)14(17)15(10)19-9/h3-4,7H,2,5-6,8H2,1H3,(H,18,21). The first-order valence-electron chi connectivity index (χ1n) is 6.83. The number of benzene rings is 1. The molecule has 1 aliphatic rings. The Morgan fingerprint density at radius 2 is 2.14 bits per heavy atom. The van der Waals surface area contributed by atoms with Crippen LogP contribution in [0.1, 0.15) is 12.1 Å². The fraction of sp³-hybridized carbons (Fsp3) is 0.333. The van der Waals surface area contributed by atoms with Crippen molar-refractivity contribution in [3.05, 3.63) is 33.9 Å². The zero-order valence-corrected chi connectivity index (χ0v) is 13.1. The van der Waals surface area contributed by atoms with E-state index in [1.807, 2.05) is 19.1 Å². The van der Waals surface area contributed by atoms with E-state index in [4.69, 9.17) is 23.2 Å². The molecule has 0 radical (unpaired) electrons. The van der Waals surface area contributed by atoms with Crippen molar-refractivity contribution >= 4 is 45.7 Å². The van der Waals surface area contributed by atoms with E-state index in [-0.39, 0.29) is 5.91 Å². The van der Waals surface area contributed by atoms with Crippen LogP contribution in [0.3, 0.4) is 0 Å². The minimum Gasteiger partial charge on any atom is -0.362 e. The van der Waals surface area contributed by atoms with Crippen LogP contribution in [-0.4, -0.2) is 30.5 Å². The Kier molecular flexibility index (Phi) is 3.91. The molecule has 1 N–H and O–H groups in total. The van der Waals surface area contributed by atoms with E-state index in [1.165, 1.54) is 0 Å². The maximum Gasteiger partial charge on any atom is 0.239 e. The number of fused-ring (bicyclic) bond motifs is 1. The number of rotatable bonds is 1. The fourth-order valence-corrected chi connectivity index (χ4v) is 2.97. The summed E-state index contributed by atoms with van der Waals surface area (Å²) in [5.74, 6) is 0.0372. The lowest BCUT2D eigenvalue weighted by Gasteiger charge is -2.23. The molecule has 0 atom stereocenters. The van der Waals surface area contributed by atoms with Crippen LogP contribution in [0.5, 0.6) is 0 Å².